The number of nitrogen functional groups attached to an aromatic ring is 1. The number of thioether (sulfide) groups is 2. The lowest BCUT2D eigenvalue weighted by Gasteiger charge is -2.53. The van der Waals surface area contributed by atoms with Gasteiger partial charge in [0.1, 0.15) is 33.7 Å². The van der Waals surface area contributed by atoms with E-state index in [1.165, 1.54) is 33.1 Å². The third-order valence-electron chi connectivity index (χ3n) is 6.65. The van der Waals surface area contributed by atoms with Crippen molar-refractivity contribution in [1.82, 2.24) is 40.5 Å². The fourth-order valence-electron chi connectivity index (χ4n) is 4.45. The van der Waals surface area contributed by atoms with Gasteiger partial charge in [0.2, 0.25) is 5.91 Å². The Morgan fingerprint density at radius 1 is 1.38 bits per heavy atom. The van der Waals surface area contributed by atoms with Gasteiger partial charge >= 0.3 is 5.97 Å². The first-order valence-electron chi connectivity index (χ1n) is 12.1. The highest BCUT2D eigenvalue weighted by molar-refractivity contribution is 8.00. The highest BCUT2D eigenvalue weighted by atomic mass is 32.2. The maximum absolute atomic E-state index is 13.2. The van der Waals surface area contributed by atoms with Crippen molar-refractivity contribution in [3.05, 3.63) is 35.4 Å². The number of carboxylic acid groups (broad SMARTS) is 1. The molecule has 0 saturated carbocycles. The van der Waals surface area contributed by atoms with Crippen LogP contribution >= 0.6 is 34.9 Å². The van der Waals surface area contributed by atoms with Crippen molar-refractivity contribution >= 4 is 69.1 Å². The minimum atomic E-state index is -1.21. The number of anilines is 1. The number of nitrogens with zero attached hydrogens (tertiary/aromatic N) is 8. The van der Waals surface area contributed by atoms with Crippen LogP contribution in [0.4, 0.5) is 5.13 Å². The molecule has 2 aliphatic heterocycles. The van der Waals surface area contributed by atoms with E-state index < -0.39 is 28.7 Å². The Hall–Kier alpha value is -3.77. The Morgan fingerprint density at radius 3 is 3.00 bits per heavy atom. The molecular weight excluding hydrogens is 581 g/mol. The molecule has 1 aliphatic carbocycles. The summed E-state index contributed by atoms with van der Waals surface area (Å²) in [4.78, 5) is 49.9. The van der Waals surface area contributed by atoms with E-state index in [4.69, 9.17) is 10.6 Å². The monoisotopic (exact) mass is 602 g/mol. The maximum Gasteiger partial charge on any atom is 0.313 e. The standard InChI is InChI=1S/C22H22N10O5S3/c23-21-24-12(7-38-21)15(28-37-11-3-1-2-4-11)17(33)25-16-18(34)31-8-22(20(35)36,10-40-19(16)31)9-39-14-6-5-13-26-29-30-32(13)27-14/h1,3,5-7,11,16,19H,2,4,8-10H2,(H2,23,24)(H,25,33)(H,35,36)/t11?,16?,19-,22?/m1/s1. The first kappa shape index (κ1) is 26.5. The summed E-state index contributed by atoms with van der Waals surface area (Å²) in [6, 6.07) is 2.56. The summed E-state index contributed by atoms with van der Waals surface area (Å²) in [5.74, 6) is -1.59. The number of rotatable bonds is 9. The SMILES string of the molecule is Nc1nc(C(=NOC2C=CCC2)C(=O)NC2C(=O)N3CC(CSc4ccc5nnnn5n4)(C(=O)O)CS[C@H]23)cs1. The van der Waals surface area contributed by atoms with E-state index in [0.717, 1.165) is 24.2 Å². The van der Waals surface area contributed by atoms with Crippen LogP contribution in [0.15, 0.2) is 39.8 Å². The summed E-state index contributed by atoms with van der Waals surface area (Å²) in [5, 5.41) is 34.3. The third-order valence-corrected chi connectivity index (χ3v) is 10.1. The van der Waals surface area contributed by atoms with E-state index in [1.807, 2.05) is 12.2 Å². The molecular formula is C22H22N10O5S3. The summed E-state index contributed by atoms with van der Waals surface area (Å²) in [6.07, 6.45) is 5.20. The van der Waals surface area contributed by atoms with Gasteiger partial charge in [0.05, 0.1) is 0 Å². The topological polar surface area (TPSA) is 203 Å². The van der Waals surface area contributed by atoms with Gasteiger partial charge in [-0.25, -0.2) is 4.98 Å². The van der Waals surface area contributed by atoms with E-state index in [2.05, 4.69) is 36.1 Å². The molecule has 6 rings (SSSR count). The van der Waals surface area contributed by atoms with Crippen LogP contribution in [0.5, 0.6) is 0 Å². The highest BCUT2D eigenvalue weighted by Gasteiger charge is 2.57. The minimum absolute atomic E-state index is 0.00597. The molecule has 2 fully saturated rings. The molecule has 3 aromatic rings. The predicted molar refractivity (Wildman–Crippen MR) is 146 cm³/mol. The molecule has 15 nitrogen and oxygen atoms in total. The van der Waals surface area contributed by atoms with E-state index >= 15 is 0 Å². The predicted octanol–water partition coefficient (Wildman–Crippen LogP) is 0.260. The maximum atomic E-state index is 13.2. The van der Waals surface area contributed by atoms with Gasteiger partial charge < -0.3 is 25.9 Å². The largest absolute Gasteiger partial charge is 0.481 e. The number of aromatic nitrogens is 6. The quantitative estimate of drug-likeness (QED) is 0.0990. The molecule has 3 aliphatic rings. The fraction of sp³-hybridized carbons (Fsp3) is 0.409. The average Bonchev–Trinajstić information content (AvgIpc) is 3.73. The number of carboxylic acids is 1. The number of carbonyl (C=O) groups excluding carboxylic acids is 2. The van der Waals surface area contributed by atoms with Crippen LogP contribution in [-0.4, -0.2) is 99.3 Å². The van der Waals surface area contributed by atoms with Gasteiger partial charge in [-0.15, -0.1) is 49.7 Å². The van der Waals surface area contributed by atoms with Gasteiger partial charge in [0.15, 0.2) is 16.5 Å². The summed E-state index contributed by atoms with van der Waals surface area (Å²) in [6.45, 7) is 0.00597. The summed E-state index contributed by atoms with van der Waals surface area (Å²) >= 11 is 3.72. The number of hydrogen-bond donors (Lipinski definition) is 3. The Morgan fingerprint density at radius 2 is 2.25 bits per heavy atom. The Balaban J connectivity index is 1.12. The Bertz CT molecular complexity index is 1540. The third kappa shape index (κ3) is 4.97. The van der Waals surface area contributed by atoms with Crippen LogP contribution in [0, 0.1) is 5.41 Å². The van der Waals surface area contributed by atoms with Gasteiger partial charge in [0.25, 0.3) is 5.91 Å². The van der Waals surface area contributed by atoms with E-state index in [0.29, 0.717) is 10.7 Å². The normalized spacial score (nSPS) is 26.0. The van der Waals surface area contributed by atoms with Crippen molar-refractivity contribution in [2.75, 3.05) is 23.8 Å². The number of thiazole rings is 1. The van der Waals surface area contributed by atoms with Crippen LogP contribution in [0.25, 0.3) is 5.65 Å². The Labute approximate surface area is 238 Å². The number of oxime groups is 1. The number of amides is 2. The van der Waals surface area contributed by atoms with Crippen LogP contribution in [0.2, 0.25) is 0 Å². The lowest BCUT2D eigenvalue weighted by Crippen LogP contribution is -2.74. The van der Waals surface area contributed by atoms with E-state index in [1.54, 1.807) is 17.5 Å². The zero-order chi connectivity index (χ0) is 27.9. The molecule has 4 atom stereocenters. The molecule has 208 valence electrons. The lowest BCUT2D eigenvalue weighted by atomic mass is 9.89. The van der Waals surface area contributed by atoms with Crippen molar-refractivity contribution in [3.63, 3.8) is 0 Å². The first-order valence-corrected chi connectivity index (χ1v) is 15.0. The van der Waals surface area contributed by atoms with E-state index in [9.17, 15) is 19.5 Å². The van der Waals surface area contributed by atoms with Gasteiger partial charge in [-0.3, -0.25) is 14.4 Å². The van der Waals surface area contributed by atoms with Gasteiger partial charge in [-0.2, -0.15) is 0 Å². The number of nitrogens with two attached hydrogens (primary N) is 1. The van der Waals surface area contributed by atoms with Crippen molar-refractivity contribution in [3.8, 4) is 0 Å². The van der Waals surface area contributed by atoms with Gasteiger partial charge in [-0.05, 0) is 41.5 Å². The Kier molecular flexibility index (Phi) is 7.05. The number of nitrogens with one attached hydrogen (secondary N) is 1. The first-order chi connectivity index (χ1) is 19.3. The molecule has 3 aromatic heterocycles. The van der Waals surface area contributed by atoms with Crippen molar-refractivity contribution in [1.29, 1.82) is 0 Å². The zero-order valence-corrected chi connectivity index (χ0v) is 23.1. The average molecular weight is 603 g/mol. The van der Waals surface area contributed by atoms with Crippen LogP contribution in [0.3, 0.4) is 0 Å². The fourth-order valence-corrected chi connectivity index (χ4v) is 7.71. The smallest absolute Gasteiger partial charge is 0.313 e. The summed E-state index contributed by atoms with van der Waals surface area (Å²) in [7, 11) is 0. The van der Waals surface area contributed by atoms with Gasteiger partial charge in [0, 0.05) is 23.4 Å². The highest BCUT2D eigenvalue weighted by Crippen LogP contribution is 2.44. The molecule has 3 unspecified atom stereocenters. The molecule has 4 N–H and O–H groups in total. The van der Waals surface area contributed by atoms with Crippen LogP contribution in [-0.2, 0) is 19.2 Å². The summed E-state index contributed by atoms with van der Waals surface area (Å²) < 4.78 is 1.26. The number of allylic oxidation sites excluding steroid dienone is 1. The molecule has 2 saturated heterocycles. The minimum Gasteiger partial charge on any atom is -0.481 e. The van der Waals surface area contributed by atoms with Crippen LogP contribution < -0.4 is 11.1 Å². The zero-order valence-electron chi connectivity index (χ0n) is 20.6. The number of fused-ring (bicyclic) bond motifs is 2. The molecule has 2 amide bonds. The number of tetrazole rings is 1. The molecule has 0 bridgehead atoms. The molecule has 5 heterocycles. The second-order valence-corrected chi connectivity index (χ2v) is 12.3. The molecule has 0 radical (unpaired) electrons. The molecule has 0 aromatic carbocycles. The lowest BCUT2D eigenvalue weighted by molar-refractivity contribution is -0.157. The molecule has 18 heteroatoms. The second-order valence-electron chi connectivity index (χ2n) is 9.35. The number of aliphatic carboxylic acids is 1. The van der Waals surface area contributed by atoms with Crippen molar-refractivity contribution < 1.29 is 24.3 Å². The number of β-lactam (4-membered cyclic amide) rings is 1. The van der Waals surface area contributed by atoms with Crippen molar-refractivity contribution in [2.45, 2.75) is 35.4 Å². The van der Waals surface area contributed by atoms with Crippen LogP contribution in [0.1, 0.15) is 18.5 Å². The van der Waals surface area contributed by atoms with E-state index in [-0.39, 0.29) is 46.6 Å². The van der Waals surface area contributed by atoms with Crippen molar-refractivity contribution in [2.24, 2.45) is 10.6 Å². The number of hydrogen-bond acceptors (Lipinski definition) is 14. The summed E-state index contributed by atoms with van der Waals surface area (Å²) in [5.41, 5.74) is 5.19. The molecule has 0 spiro atoms. The number of carbonyl (C=O) groups is 3. The van der Waals surface area contributed by atoms with Gasteiger partial charge in [-0.1, -0.05) is 11.2 Å². The second kappa shape index (κ2) is 10.7. The molecule has 40 heavy (non-hydrogen) atoms.